The molecule has 1 aliphatic rings. The highest BCUT2D eigenvalue weighted by Crippen LogP contribution is 2.22. The first-order chi connectivity index (χ1) is 16.5. The second-order valence-electron chi connectivity index (χ2n) is 8.80. The van der Waals surface area contributed by atoms with Crippen LogP contribution in [0.1, 0.15) is 23.2 Å². The number of anilines is 2. The predicted octanol–water partition coefficient (Wildman–Crippen LogP) is 4.30. The largest absolute Gasteiger partial charge is 0.339 e. The minimum atomic E-state index is 0.0827. The molecular formula is C26H31ClN6O. The molecule has 178 valence electrons. The Labute approximate surface area is 206 Å². The number of nitrogens with one attached hydrogen (secondary N) is 2. The van der Waals surface area contributed by atoms with E-state index in [4.69, 9.17) is 11.6 Å². The number of carbonyl (C=O) groups excluding carboxylic acids is 1. The second kappa shape index (κ2) is 11.4. The molecule has 7 nitrogen and oxygen atoms in total. The predicted molar refractivity (Wildman–Crippen MR) is 138 cm³/mol. The summed E-state index contributed by atoms with van der Waals surface area (Å²) in [5, 5.41) is 7.50. The van der Waals surface area contributed by atoms with Crippen molar-refractivity contribution in [2.75, 3.05) is 45.6 Å². The lowest BCUT2D eigenvalue weighted by Crippen LogP contribution is -2.46. The normalized spacial score (nSPS) is 14.4. The molecule has 4 rings (SSSR count). The number of carbonyl (C=O) groups is 1. The third-order valence-corrected chi connectivity index (χ3v) is 6.21. The maximum absolute atomic E-state index is 12.9. The molecule has 0 aliphatic carbocycles. The van der Waals surface area contributed by atoms with Crippen LogP contribution < -0.4 is 10.6 Å². The molecule has 1 aromatic heterocycles. The summed E-state index contributed by atoms with van der Waals surface area (Å²) in [6.07, 6.45) is 3.69. The van der Waals surface area contributed by atoms with E-state index in [1.54, 1.807) is 6.20 Å². The number of rotatable bonds is 8. The van der Waals surface area contributed by atoms with Gasteiger partial charge in [-0.05, 0) is 69.4 Å². The minimum absolute atomic E-state index is 0.0827. The highest BCUT2D eigenvalue weighted by atomic mass is 35.5. The van der Waals surface area contributed by atoms with Gasteiger partial charge in [-0.1, -0.05) is 23.7 Å². The zero-order valence-electron chi connectivity index (χ0n) is 19.7. The Hall–Kier alpha value is -3.00. The van der Waals surface area contributed by atoms with Crippen LogP contribution in [0, 0.1) is 0 Å². The number of piperidine rings is 1. The van der Waals surface area contributed by atoms with Crippen LogP contribution >= 0.6 is 11.6 Å². The number of halogens is 1. The van der Waals surface area contributed by atoms with Crippen LogP contribution in [0.15, 0.2) is 60.8 Å². The number of hydrogen-bond donors (Lipinski definition) is 2. The molecule has 3 aromatic rings. The van der Waals surface area contributed by atoms with E-state index in [9.17, 15) is 4.79 Å². The van der Waals surface area contributed by atoms with Crippen LogP contribution in [0.2, 0.25) is 5.02 Å². The molecular weight excluding hydrogens is 448 g/mol. The van der Waals surface area contributed by atoms with Gasteiger partial charge in [0.2, 0.25) is 5.95 Å². The molecule has 34 heavy (non-hydrogen) atoms. The van der Waals surface area contributed by atoms with E-state index in [0.29, 0.717) is 22.6 Å². The van der Waals surface area contributed by atoms with Gasteiger partial charge in [0.05, 0.1) is 5.69 Å². The summed E-state index contributed by atoms with van der Waals surface area (Å²) < 4.78 is 0. The zero-order valence-corrected chi connectivity index (χ0v) is 20.4. The SMILES string of the molecule is CN(C)CCNC1CCN(C(=O)c2ccc(Nc3nccc(-c4ccc(Cl)cc4)n3)cc2)CC1. The van der Waals surface area contributed by atoms with E-state index in [2.05, 4.69) is 39.6 Å². The highest BCUT2D eigenvalue weighted by molar-refractivity contribution is 6.30. The van der Waals surface area contributed by atoms with Gasteiger partial charge in [-0.3, -0.25) is 4.79 Å². The van der Waals surface area contributed by atoms with Gasteiger partial charge in [-0.15, -0.1) is 0 Å². The van der Waals surface area contributed by atoms with E-state index in [1.807, 2.05) is 59.5 Å². The van der Waals surface area contributed by atoms with Crippen molar-refractivity contribution < 1.29 is 4.79 Å². The van der Waals surface area contributed by atoms with E-state index >= 15 is 0 Å². The van der Waals surface area contributed by atoms with E-state index in [0.717, 1.165) is 56.0 Å². The Balaban J connectivity index is 1.32. The summed E-state index contributed by atoms with van der Waals surface area (Å²) in [5.74, 6) is 0.578. The lowest BCUT2D eigenvalue weighted by molar-refractivity contribution is 0.0705. The van der Waals surface area contributed by atoms with E-state index < -0.39 is 0 Å². The Morgan fingerprint density at radius 3 is 2.44 bits per heavy atom. The highest BCUT2D eigenvalue weighted by Gasteiger charge is 2.23. The van der Waals surface area contributed by atoms with Crippen LogP contribution in [-0.4, -0.2) is 72.0 Å². The average Bonchev–Trinajstić information content (AvgIpc) is 2.85. The zero-order chi connectivity index (χ0) is 23.9. The van der Waals surface area contributed by atoms with E-state index in [-0.39, 0.29) is 5.91 Å². The van der Waals surface area contributed by atoms with Gasteiger partial charge >= 0.3 is 0 Å². The molecule has 1 saturated heterocycles. The minimum Gasteiger partial charge on any atom is -0.339 e. The maximum atomic E-state index is 12.9. The first-order valence-electron chi connectivity index (χ1n) is 11.6. The standard InChI is InChI=1S/C26H31ClN6O/c1-32(2)18-15-28-22-12-16-33(17-13-22)25(34)20-5-9-23(10-6-20)30-26-29-14-11-24(31-26)19-3-7-21(27)8-4-19/h3-11,14,22,28H,12-13,15-18H2,1-2H3,(H,29,30,31). The monoisotopic (exact) mass is 478 g/mol. The van der Waals surface area contributed by atoms with Crippen molar-refractivity contribution in [3.63, 3.8) is 0 Å². The molecule has 0 radical (unpaired) electrons. The van der Waals surface area contributed by atoms with Crippen LogP contribution in [0.3, 0.4) is 0 Å². The summed E-state index contributed by atoms with van der Waals surface area (Å²) in [6.45, 7) is 3.57. The van der Waals surface area contributed by atoms with Gasteiger partial charge in [0.15, 0.2) is 0 Å². The third-order valence-electron chi connectivity index (χ3n) is 5.96. The summed E-state index contributed by atoms with van der Waals surface area (Å²) in [7, 11) is 4.16. The fourth-order valence-corrected chi connectivity index (χ4v) is 4.11. The summed E-state index contributed by atoms with van der Waals surface area (Å²) in [5.41, 5.74) is 3.29. The van der Waals surface area contributed by atoms with Crippen LogP contribution in [0.4, 0.5) is 11.6 Å². The Bertz CT molecular complexity index is 1080. The molecule has 0 saturated carbocycles. The fourth-order valence-electron chi connectivity index (χ4n) is 3.99. The number of amides is 1. The van der Waals surface area contributed by atoms with Gasteiger partial charge < -0.3 is 20.4 Å². The number of likely N-dealkylation sites (tertiary alicyclic amines) is 1. The smallest absolute Gasteiger partial charge is 0.253 e. The second-order valence-corrected chi connectivity index (χ2v) is 9.24. The molecule has 8 heteroatoms. The molecule has 1 aliphatic heterocycles. The number of likely N-dealkylation sites (N-methyl/N-ethyl adjacent to an activating group) is 1. The van der Waals surface area contributed by atoms with Crippen molar-refractivity contribution >= 4 is 29.1 Å². The van der Waals surface area contributed by atoms with Crippen molar-refractivity contribution in [1.82, 2.24) is 25.1 Å². The van der Waals surface area contributed by atoms with Gasteiger partial charge in [-0.25, -0.2) is 9.97 Å². The topological polar surface area (TPSA) is 73.4 Å². The Kier molecular flexibility index (Phi) is 8.11. The van der Waals surface area contributed by atoms with Gasteiger partial charge in [0.1, 0.15) is 0 Å². The van der Waals surface area contributed by atoms with Gasteiger partial charge in [-0.2, -0.15) is 0 Å². The van der Waals surface area contributed by atoms with Crippen LogP contribution in [0.25, 0.3) is 11.3 Å². The van der Waals surface area contributed by atoms with Gasteiger partial charge in [0.25, 0.3) is 5.91 Å². The first kappa shape index (κ1) is 24.1. The molecule has 2 N–H and O–H groups in total. The van der Waals surface area contributed by atoms with Crippen LogP contribution in [-0.2, 0) is 0 Å². The summed E-state index contributed by atoms with van der Waals surface area (Å²) in [6, 6.07) is 17.4. The fraction of sp³-hybridized carbons (Fsp3) is 0.346. The number of hydrogen-bond acceptors (Lipinski definition) is 6. The molecule has 0 unspecified atom stereocenters. The van der Waals surface area contributed by atoms with Crippen molar-refractivity contribution in [3.8, 4) is 11.3 Å². The van der Waals surface area contributed by atoms with Crippen LogP contribution in [0.5, 0.6) is 0 Å². The third kappa shape index (κ3) is 6.53. The molecule has 2 aromatic carbocycles. The van der Waals surface area contributed by atoms with Crippen molar-refractivity contribution in [2.24, 2.45) is 0 Å². The van der Waals surface area contributed by atoms with Crippen molar-refractivity contribution in [1.29, 1.82) is 0 Å². The number of benzene rings is 2. The Morgan fingerprint density at radius 1 is 1.06 bits per heavy atom. The summed E-state index contributed by atoms with van der Waals surface area (Å²) in [4.78, 5) is 26.0. The van der Waals surface area contributed by atoms with Crippen molar-refractivity contribution in [2.45, 2.75) is 18.9 Å². The van der Waals surface area contributed by atoms with Gasteiger partial charge in [0, 0.05) is 60.3 Å². The molecule has 0 atom stereocenters. The lowest BCUT2D eigenvalue weighted by Gasteiger charge is -2.32. The molecule has 2 heterocycles. The quantitative estimate of drug-likeness (QED) is 0.503. The molecule has 0 bridgehead atoms. The summed E-state index contributed by atoms with van der Waals surface area (Å²) >= 11 is 5.98. The van der Waals surface area contributed by atoms with Crippen molar-refractivity contribution in [3.05, 3.63) is 71.4 Å². The maximum Gasteiger partial charge on any atom is 0.253 e. The first-order valence-corrected chi connectivity index (χ1v) is 12.0. The number of aromatic nitrogens is 2. The molecule has 0 spiro atoms. The Morgan fingerprint density at radius 2 is 1.76 bits per heavy atom. The molecule has 1 amide bonds. The number of nitrogens with zero attached hydrogens (tertiary/aromatic N) is 4. The molecule has 1 fully saturated rings. The average molecular weight is 479 g/mol. The van der Waals surface area contributed by atoms with E-state index in [1.165, 1.54) is 0 Å². The lowest BCUT2D eigenvalue weighted by atomic mass is 10.0.